The van der Waals surface area contributed by atoms with Gasteiger partial charge >= 0.3 is 12.1 Å². The molecule has 1 heterocycles. The van der Waals surface area contributed by atoms with Crippen molar-refractivity contribution in [1.29, 1.82) is 0 Å². The Morgan fingerprint density at radius 2 is 1.63 bits per heavy atom. The number of carboxylic acid groups (broad SMARTS) is 1. The summed E-state index contributed by atoms with van der Waals surface area (Å²) in [6.07, 6.45) is 1.94. The first-order valence-electron chi connectivity index (χ1n) is 12.2. The molecule has 2 aromatic rings. The van der Waals surface area contributed by atoms with E-state index in [1.54, 1.807) is 0 Å². The lowest BCUT2D eigenvalue weighted by atomic mass is 9.94. The summed E-state index contributed by atoms with van der Waals surface area (Å²) in [5.74, 6) is -2.14. The lowest BCUT2D eigenvalue weighted by Gasteiger charge is -2.23. The summed E-state index contributed by atoms with van der Waals surface area (Å²) in [4.78, 5) is 36.7. The molecule has 2 aromatic carbocycles. The number of ether oxygens (including phenoxy) is 2. The summed E-state index contributed by atoms with van der Waals surface area (Å²) in [5, 5.41) is 15.0. The van der Waals surface area contributed by atoms with Gasteiger partial charge in [-0.2, -0.15) is 0 Å². The average molecular weight is 479 g/mol. The van der Waals surface area contributed by atoms with E-state index < -0.39 is 24.0 Å². The van der Waals surface area contributed by atoms with Crippen LogP contribution in [0, 0.1) is 17.8 Å². The molecule has 2 amide bonds. The summed E-state index contributed by atoms with van der Waals surface area (Å²) >= 11 is 0. The standard InChI is InChI=1S/C27H30N2O6/c30-25(29-24-15-34-13-23(24)26(31)32)17-11-5-6-16(17)12-28-27(33)35-14-22-20-9-3-1-7-18(20)19-8-2-4-10-21(19)22/h1-4,7-10,16-17,22-24H,5-6,11-15H2,(H,28,33)(H,29,30)(H,31,32)/t16-,17-,23?,24?/m0/s1. The van der Waals surface area contributed by atoms with E-state index in [4.69, 9.17) is 9.47 Å². The minimum Gasteiger partial charge on any atom is -0.481 e. The van der Waals surface area contributed by atoms with Crippen LogP contribution in [0.25, 0.3) is 11.1 Å². The van der Waals surface area contributed by atoms with Crippen LogP contribution in [0.15, 0.2) is 48.5 Å². The highest BCUT2D eigenvalue weighted by Crippen LogP contribution is 2.44. The number of aliphatic carboxylic acids is 1. The summed E-state index contributed by atoms with van der Waals surface area (Å²) in [7, 11) is 0. The third-order valence-corrected chi connectivity index (χ3v) is 7.57. The maximum Gasteiger partial charge on any atom is 0.407 e. The fraction of sp³-hybridized carbons (Fsp3) is 0.444. The smallest absolute Gasteiger partial charge is 0.407 e. The van der Waals surface area contributed by atoms with E-state index in [1.165, 1.54) is 11.1 Å². The fourth-order valence-corrected chi connectivity index (χ4v) is 5.72. The molecule has 2 unspecified atom stereocenters. The van der Waals surface area contributed by atoms with E-state index in [2.05, 4.69) is 34.9 Å². The van der Waals surface area contributed by atoms with Gasteiger partial charge in [0.05, 0.1) is 19.3 Å². The van der Waals surface area contributed by atoms with Crippen molar-refractivity contribution in [2.45, 2.75) is 31.2 Å². The van der Waals surface area contributed by atoms with Crippen molar-refractivity contribution in [2.75, 3.05) is 26.4 Å². The van der Waals surface area contributed by atoms with Gasteiger partial charge in [-0.05, 0) is 41.0 Å². The first kappa shape index (κ1) is 23.4. The second-order valence-corrected chi connectivity index (χ2v) is 9.60. The van der Waals surface area contributed by atoms with Gasteiger partial charge < -0.3 is 25.2 Å². The molecule has 5 rings (SSSR count). The molecule has 1 saturated heterocycles. The van der Waals surface area contributed by atoms with Gasteiger partial charge in [-0.1, -0.05) is 55.0 Å². The Hall–Kier alpha value is -3.39. The zero-order valence-electron chi connectivity index (χ0n) is 19.4. The number of alkyl carbamates (subject to hydrolysis) is 1. The number of hydrogen-bond acceptors (Lipinski definition) is 5. The predicted octanol–water partition coefficient (Wildman–Crippen LogP) is 3.16. The van der Waals surface area contributed by atoms with Crippen molar-refractivity contribution >= 4 is 18.0 Å². The monoisotopic (exact) mass is 478 g/mol. The van der Waals surface area contributed by atoms with Crippen LogP contribution >= 0.6 is 0 Å². The average Bonchev–Trinajstić information content (AvgIpc) is 3.59. The number of carbonyl (C=O) groups excluding carboxylic acids is 2. The second-order valence-electron chi connectivity index (χ2n) is 9.60. The maximum atomic E-state index is 12.9. The predicted molar refractivity (Wildman–Crippen MR) is 128 cm³/mol. The molecule has 4 atom stereocenters. The number of rotatable bonds is 7. The molecule has 8 nitrogen and oxygen atoms in total. The third-order valence-electron chi connectivity index (χ3n) is 7.57. The molecule has 2 fully saturated rings. The first-order chi connectivity index (χ1) is 17.0. The lowest BCUT2D eigenvalue weighted by Crippen LogP contribution is -2.46. The van der Waals surface area contributed by atoms with Crippen molar-refractivity contribution in [3.63, 3.8) is 0 Å². The number of fused-ring (bicyclic) bond motifs is 3. The molecule has 0 aromatic heterocycles. The Morgan fingerprint density at radius 3 is 2.31 bits per heavy atom. The molecule has 3 N–H and O–H groups in total. The van der Waals surface area contributed by atoms with Gasteiger partial charge in [0.2, 0.25) is 5.91 Å². The first-order valence-corrected chi connectivity index (χ1v) is 12.2. The van der Waals surface area contributed by atoms with E-state index in [9.17, 15) is 19.5 Å². The number of hydrogen-bond donors (Lipinski definition) is 3. The van der Waals surface area contributed by atoms with Crippen molar-refractivity contribution in [1.82, 2.24) is 10.6 Å². The highest BCUT2D eigenvalue weighted by atomic mass is 16.5. The van der Waals surface area contributed by atoms with Crippen LogP contribution < -0.4 is 10.6 Å². The van der Waals surface area contributed by atoms with Crippen LogP contribution in [0.1, 0.15) is 36.3 Å². The summed E-state index contributed by atoms with van der Waals surface area (Å²) in [5.41, 5.74) is 4.67. The number of carboxylic acids is 1. The van der Waals surface area contributed by atoms with E-state index in [1.807, 2.05) is 24.3 Å². The molecule has 35 heavy (non-hydrogen) atoms. The van der Waals surface area contributed by atoms with E-state index >= 15 is 0 Å². The van der Waals surface area contributed by atoms with Gasteiger partial charge in [0.25, 0.3) is 0 Å². The van der Waals surface area contributed by atoms with Gasteiger partial charge in [-0.25, -0.2) is 4.79 Å². The number of carbonyl (C=O) groups is 3. The molecule has 2 aliphatic carbocycles. The summed E-state index contributed by atoms with van der Waals surface area (Å²) in [6.45, 7) is 0.904. The zero-order valence-corrected chi connectivity index (χ0v) is 19.4. The molecular formula is C27H30N2O6. The zero-order chi connectivity index (χ0) is 24.4. The van der Waals surface area contributed by atoms with Gasteiger partial charge in [-0.3, -0.25) is 9.59 Å². The molecule has 0 spiro atoms. The topological polar surface area (TPSA) is 114 Å². The molecule has 1 aliphatic heterocycles. The SMILES string of the molecule is O=C(NC[C@@H]1CCC[C@@H]1C(=O)NC1COCC1C(=O)O)OCC1c2ccccc2-c2ccccc21. The summed E-state index contributed by atoms with van der Waals surface area (Å²) < 4.78 is 10.9. The van der Waals surface area contributed by atoms with Crippen LogP contribution in [-0.2, 0) is 19.1 Å². The van der Waals surface area contributed by atoms with Crippen molar-refractivity contribution < 1.29 is 29.0 Å². The molecule has 1 saturated carbocycles. The lowest BCUT2D eigenvalue weighted by molar-refractivity contribution is -0.142. The van der Waals surface area contributed by atoms with Crippen molar-refractivity contribution in [3.8, 4) is 11.1 Å². The fourth-order valence-electron chi connectivity index (χ4n) is 5.72. The van der Waals surface area contributed by atoms with Crippen molar-refractivity contribution in [3.05, 3.63) is 59.7 Å². The van der Waals surface area contributed by atoms with Gasteiger partial charge in [0, 0.05) is 18.4 Å². The van der Waals surface area contributed by atoms with Crippen LogP contribution in [-0.4, -0.2) is 55.5 Å². The van der Waals surface area contributed by atoms with Gasteiger partial charge in [0.15, 0.2) is 0 Å². The number of nitrogens with one attached hydrogen (secondary N) is 2. The number of amides is 2. The van der Waals surface area contributed by atoms with Gasteiger partial charge in [-0.15, -0.1) is 0 Å². The molecule has 0 bridgehead atoms. The highest BCUT2D eigenvalue weighted by Gasteiger charge is 2.39. The van der Waals surface area contributed by atoms with E-state index in [-0.39, 0.29) is 43.5 Å². The molecule has 8 heteroatoms. The molecule has 184 valence electrons. The van der Waals surface area contributed by atoms with Gasteiger partial charge in [0.1, 0.15) is 12.5 Å². The second kappa shape index (κ2) is 10.1. The van der Waals surface area contributed by atoms with Crippen LogP contribution in [0.2, 0.25) is 0 Å². The third kappa shape index (κ3) is 4.75. The largest absolute Gasteiger partial charge is 0.481 e. The Morgan fingerprint density at radius 1 is 0.943 bits per heavy atom. The summed E-state index contributed by atoms with van der Waals surface area (Å²) in [6, 6.07) is 15.9. The quantitative estimate of drug-likeness (QED) is 0.563. The Balaban J connectivity index is 1.14. The molecular weight excluding hydrogens is 448 g/mol. The van der Waals surface area contributed by atoms with E-state index in [0.29, 0.717) is 13.0 Å². The molecule has 3 aliphatic rings. The van der Waals surface area contributed by atoms with Crippen LogP contribution in [0.4, 0.5) is 4.79 Å². The Labute approximate surface area is 204 Å². The minimum atomic E-state index is -0.965. The number of benzene rings is 2. The van der Waals surface area contributed by atoms with E-state index in [0.717, 1.165) is 24.0 Å². The minimum absolute atomic E-state index is 0.00558. The van der Waals surface area contributed by atoms with Crippen LogP contribution in [0.3, 0.4) is 0 Å². The Bertz CT molecular complexity index is 1070. The normalized spacial score (nSPS) is 25.0. The Kier molecular flexibility index (Phi) is 6.72. The van der Waals surface area contributed by atoms with Crippen LogP contribution in [0.5, 0.6) is 0 Å². The highest BCUT2D eigenvalue weighted by molar-refractivity contribution is 5.81. The van der Waals surface area contributed by atoms with Crippen molar-refractivity contribution in [2.24, 2.45) is 17.8 Å². The maximum absolute atomic E-state index is 12.9. The molecule has 0 radical (unpaired) electrons.